The molecule has 4 heteroatoms. The number of benzene rings is 1. The first kappa shape index (κ1) is 12.0. The summed E-state index contributed by atoms with van der Waals surface area (Å²) in [7, 11) is 0. The molecule has 0 aliphatic carbocycles. The monoisotopic (exact) mass is 230 g/mol. The Morgan fingerprint density at radius 2 is 2.13 bits per heavy atom. The Bertz CT molecular complexity index is 388. The van der Waals surface area contributed by atoms with Crippen LogP contribution in [0.1, 0.15) is 30.6 Å². The third-order valence-electron chi connectivity index (χ3n) is 1.93. The van der Waals surface area contributed by atoms with Crippen molar-refractivity contribution < 1.29 is 14.3 Å². The molecule has 0 aliphatic rings. The first-order chi connectivity index (χ1) is 6.91. The van der Waals surface area contributed by atoms with Gasteiger partial charge in [0.05, 0.1) is 10.6 Å². The highest BCUT2D eigenvalue weighted by Crippen LogP contribution is 2.26. The molecule has 1 N–H and O–H groups in total. The van der Waals surface area contributed by atoms with Gasteiger partial charge in [-0.15, -0.1) is 0 Å². The summed E-state index contributed by atoms with van der Waals surface area (Å²) >= 11 is 5.53. The van der Waals surface area contributed by atoms with Gasteiger partial charge in [0.15, 0.2) is 5.78 Å². The molecule has 0 bridgehead atoms. The lowest BCUT2D eigenvalue weighted by atomic mass is 10.0. The molecule has 1 rings (SSSR count). The molecule has 0 amide bonds. The highest BCUT2D eigenvalue weighted by Gasteiger charge is 2.15. The Balaban J connectivity index is 3.04. The molecule has 0 saturated carbocycles. The molecule has 2 nitrogen and oxygen atoms in total. The van der Waals surface area contributed by atoms with Gasteiger partial charge in [0, 0.05) is 12.5 Å². The van der Waals surface area contributed by atoms with Gasteiger partial charge >= 0.3 is 0 Å². The third-order valence-corrected chi connectivity index (χ3v) is 2.22. The van der Waals surface area contributed by atoms with Crippen molar-refractivity contribution in [3.05, 3.63) is 28.5 Å². The number of hydrogen-bond acceptors (Lipinski definition) is 2. The normalized spacial score (nSPS) is 10.7. The van der Waals surface area contributed by atoms with Crippen LogP contribution in [0.2, 0.25) is 5.02 Å². The maximum atomic E-state index is 12.9. The van der Waals surface area contributed by atoms with Crippen LogP contribution in [0.3, 0.4) is 0 Å². The molecule has 0 heterocycles. The molecule has 1 aromatic carbocycles. The van der Waals surface area contributed by atoms with Gasteiger partial charge in [0.2, 0.25) is 0 Å². The van der Waals surface area contributed by atoms with Gasteiger partial charge < -0.3 is 5.11 Å². The topological polar surface area (TPSA) is 37.3 Å². The van der Waals surface area contributed by atoms with Crippen molar-refractivity contribution in [2.45, 2.75) is 20.3 Å². The standard InChI is InChI=1S/C11H12ClFO2/c1-6(2)3-10(14)7-4-8(12)9(13)5-11(7)15/h4-6,15H,3H2,1-2H3. The Kier molecular flexibility index (Phi) is 3.69. The van der Waals surface area contributed by atoms with Crippen LogP contribution in [0.4, 0.5) is 4.39 Å². The fraction of sp³-hybridized carbons (Fsp3) is 0.364. The van der Waals surface area contributed by atoms with Crippen molar-refractivity contribution >= 4 is 17.4 Å². The zero-order valence-electron chi connectivity index (χ0n) is 8.55. The van der Waals surface area contributed by atoms with E-state index in [4.69, 9.17) is 11.6 Å². The summed E-state index contributed by atoms with van der Waals surface area (Å²) in [6.45, 7) is 3.78. The minimum atomic E-state index is -0.727. The number of halogens is 2. The van der Waals surface area contributed by atoms with E-state index in [1.165, 1.54) is 0 Å². The summed E-state index contributed by atoms with van der Waals surface area (Å²) in [5, 5.41) is 9.23. The van der Waals surface area contributed by atoms with Gasteiger partial charge in [-0.3, -0.25) is 4.79 Å². The Morgan fingerprint density at radius 1 is 1.53 bits per heavy atom. The maximum absolute atomic E-state index is 12.9. The number of phenolic OH excluding ortho intramolecular Hbond substituents is 1. The number of rotatable bonds is 3. The van der Waals surface area contributed by atoms with E-state index in [1.54, 1.807) is 0 Å². The van der Waals surface area contributed by atoms with Gasteiger partial charge in [0.1, 0.15) is 11.6 Å². The summed E-state index contributed by atoms with van der Waals surface area (Å²) in [5.74, 6) is -1.14. The van der Waals surface area contributed by atoms with Gasteiger partial charge in [-0.1, -0.05) is 25.4 Å². The van der Waals surface area contributed by atoms with E-state index in [1.807, 2.05) is 13.8 Å². The molecule has 0 saturated heterocycles. The highest BCUT2D eigenvalue weighted by molar-refractivity contribution is 6.31. The molecule has 1 aromatic rings. The second kappa shape index (κ2) is 4.62. The predicted octanol–water partition coefficient (Wildman–Crippen LogP) is 3.41. The lowest BCUT2D eigenvalue weighted by Crippen LogP contribution is -2.04. The molecule has 0 fully saturated rings. The summed E-state index contributed by atoms with van der Waals surface area (Å²) in [6.07, 6.45) is 0.301. The number of phenols is 1. The second-order valence-corrected chi connectivity index (χ2v) is 4.21. The highest BCUT2D eigenvalue weighted by atomic mass is 35.5. The van der Waals surface area contributed by atoms with E-state index in [9.17, 15) is 14.3 Å². The zero-order valence-corrected chi connectivity index (χ0v) is 9.31. The van der Waals surface area contributed by atoms with Crippen molar-refractivity contribution in [1.29, 1.82) is 0 Å². The molecule has 82 valence electrons. The van der Waals surface area contributed by atoms with Crippen LogP contribution >= 0.6 is 11.6 Å². The number of carbonyl (C=O) groups excluding carboxylic acids is 1. The first-order valence-corrected chi connectivity index (χ1v) is 5.00. The number of hydrogen-bond donors (Lipinski definition) is 1. The van der Waals surface area contributed by atoms with Crippen LogP contribution in [-0.2, 0) is 0 Å². The van der Waals surface area contributed by atoms with Crippen molar-refractivity contribution in [2.24, 2.45) is 5.92 Å². The van der Waals surface area contributed by atoms with Gasteiger partial charge in [-0.05, 0) is 12.0 Å². The van der Waals surface area contributed by atoms with Crippen molar-refractivity contribution in [3.63, 3.8) is 0 Å². The number of carbonyl (C=O) groups is 1. The van der Waals surface area contributed by atoms with E-state index in [0.29, 0.717) is 6.42 Å². The van der Waals surface area contributed by atoms with Crippen molar-refractivity contribution in [1.82, 2.24) is 0 Å². The fourth-order valence-corrected chi connectivity index (χ4v) is 1.40. The van der Waals surface area contributed by atoms with E-state index >= 15 is 0 Å². The molecular weight excluding hydrogens is 219 g/mol. The van der Waals surface area contributed by atoms with E-state index in [0.717, 1.165) is 12.1 Å². The maximum Gasteiger partial charge on any atom is 0.166 e. The lowest BCUT2D eigenvalue weighted by molar-refractivity contribution is 0.0965. The van der Waals surface area contributed by atoms with Crippen LogP contribution in [0.5, 0.6) is 5.75 Å². The zero-order chi connectivity index (χ0) is 11.6. The average molecular weight is 231 g/mol. The van der Waals surface area contributed by atoms with Crippen LogP contribution in [0.25, 0.3) is 0 Å². The summed E-state index contributed by atoms with van der Waals surface area (Å²) in [5.41, 5.74) is 0.0788. The minimum absolute atomic E-state index is 0.0788. The van der Waals surface area contributed by atoms with Crippen molar-refractivity contribution in [2.75, 3.05) is 0 Å². The molecule has 15 heavy (non-hydrogen) atoms. The van der Waals surface area contributed by atoms with E-state index in [2.05, 4.69) is 0 Å². The Labute approximate surface area is 92.7 Å². The number of Topliss-reactive ketones (excluding diaryl/α,β-unsaturated/α-hetero) is 1. The molecule has 0 unspecified atom stereocenters. The molecule has 0 spiro atoms. The third kappa shape index (κ3) is 2.93. The quantitative estimate of drug-likeness (QED) is 0.808. The minimum Gasteiger partial charge on any atom is -0.507 e. The van der Waals surface area contributed by atoms with Gasteiger partial charge in [-0.25, -0.2) is 4.39 Å². The summed E-state index contributed by atoms with van der Waals surface area (Å²) in [6, 6.07) is 2.02. The van der Waals surface area contributed by atoms with Crippen LogP contribution in [-0.4, -0.2) is 10.9 Å². The second-order valence-electron chi connectivity index (χ2n) is 3.80. The summed E-state index contributed by atoms with van der Waals surface area (Å²) in [4.78, 5) is 11.6. The lowest BCUT2D eigenvalue weighted by Gasteiger charge is -2.07. The summed E-state index contributed by atoms with van der Waals surface area (Å²) < 4.78 is 12.9. The first-order valence-electron chi connectivity index (χ1n) is 4.63. The number of ketones is 1. The van der Waals surface area contributed by atoms with Gasteiger partial charge in [0.25, 0.3) is 0 Å². The molecular formula is C11H12ClFO2. The van der Waals surface area contributed by atoms with Gasteiger partial charge in [-0.2, -0.15) is 0 Å². The Hall–Kier alpha value is -1.09. The smallest absolute Gasteiger partial charge is 0.166 e. The van der Waals surface area contributed by atoms with Crippen molar-refractivity contribution in [3.8, 4) is 5.75 Å². The molecule has 0 aromatic heterocycles. The SMILES string of the molecule is CC(C)CC(=O)c1cc(Cl)c(F)cc1O. The van der Waals surface area contributed by atoms with Crippen LogP contribution in [0.15, 0.2) is 12.1 Å². The predicted molar refractivity (Wildman–Crippen MR) is 56.9 cm³/mol. The Morgan fingerprint density at radius 3 is 2.67 bits per heavy atom. The largest absolute Gasteiger partial charge is 0.507 e. The van der Waals surface area contributed by atoms with Crippen LogP contribution < -0.4 is 0 Å². The fourth-order valence-electron chi connectivity index (χ4n) is 1.24. The molecule has 0 aliphatic heterocycles. The van der Waals surface area contributed by atoms with Crippen LogP contribution in [0, 0.1) is 11.7 Å². The average Bonchev–Trinajstić information content (AvgIpc) is 2.09. The van der Waals surface area contributed by atoms with E-state index < -0.39 is 5.82 Å². The van der Waals surface area contributed by atoms with E-state index in [-0.39, 0.29) is 28.0 Å². The molecule has 0 radical (unpaired) electrons. The number of aromatic hydroxyl groups is 1. The molecule has 0 atom stereocenters.